The SMILES string of the molecule is CN(C(=O)OC(Cl)(Cl)CCl)C1CCCCCC1Nc1ccc(Cl)c(Cl)c1. The summed E-state index contributed by atoms with van der Waals surface area (Å²) in [6, 6.07) is 5.33. The van der Waals surface area contributed by atoms with Gasteiger partial charge in [0.25, 0.3) is 4.52 Å². The summed E-state index contributed by atoms with van der Waals surface area (Å²) in [6.45, 7) is 0. The molecule has 146 valence electrons. The van der Waals surface area contributed by atoms with Crippen molar-refractivity contribution >= 4 is 69.8 Å². The Labute approximate surface area is 179 Å². The van der Waals surface area contributed by atoms with Crippen LogP contribution in [0.15, 0.2) is 18.2 Å². The molecule has 1 amide bonds. The van der Waals surface area contributed by atoms with Gasteiger partial charge in [0.2, 0.25) is 0 Å². The summed E-state index contributed by atoms with van der Waals surface area (Å²) in [5.41, 5.74) is 0.850. The van der Waals surface area contributed by atoms with E-state index < -0.39 is 10.6 Å². The summed E-state index contributed by atoms with van der Waals surface area (Å²) in [5.74, 6) is -0.217. The summed E-state index contributed by atoms with van der Waals surface area (Å²) < 4.78 is 3.35. The third kappa shape index (κ3) is 6.13. The average molecular weight is 463 g/mol. The van der Waals surface area contributed by atoms with Gasteiger partial charge in [-0.05, 0) is 31.0 Å². The van der Waals surface area contributed by atoms with Gasteiger partial charge in [0.05, 0.1) is 22.0 Å². The molecule has 2 rings (SSSR count). The largest absolute Gasteiger partial charge is 0.412 e. The first-order valence-electron chi connectivity index (χ1n) is 8.34. The first-order chi connectivity index (χ1) is 12.2. The summed E-state index contributed by atoms with van der Waals surface area (Å²) in [5, 5.41) is 4.44. The molecule has 4 nitrogen and oxygen atoms in total. The van der Waals surface area contributed by atoms with Gasteiger partial charge in [-0.15, -0.1) is 11.6 Å². The number of alkyl halides is 3. The number of carbonyl (C=O) groups is 1. The van der Waals surface area contributed by atoms with Crippen molar-refractivity contribution in [3.05, 3.63) is 28.2 Å². The Balaban J connectivity index is 2.14. The van der Waals surface area contributed by atoms with Crippen LogP contribution in [-0.2, 0) is 4.74 Å². The van der Waals surface area contributed by atoms with Crippen LogP contribution in [0.4, 0.5) is 10.5 Å². The van der Waals surface area contributed by atoms with Crippen LogP contribution in [0.3, 0.4) is 0 Å². The summed E-state index contributed by atoms with van der Waals surface area (Å²) >= 11 is 29.4. The van der Waals surface area contributed by atoms with Crippen LogP contribution < -0.4 is 5.32 Å². The van der Waals surface area contributed by atoms with Crippen LogP contribution >= 0.6 is 58.0 Å². The fraction of sp³-hybridized carbons (Fsp3) is 0.588. The first kappa shape index (κ1) is 22.0. The molecule has 1 saturated carbocycles. The summed E-state index contributed by atoms with van der Waals surface area (Å²) in [4.78, 5) is 14.0. The molecule has 2 atom stereocenters. The highest BCUT2D eigenvalue weighted by molar-refractivity contribution is 6.50. The molecule has 1 aliphatic rings. The molecule has 1 aromatic carbocycles. The van der Waals surface area contributed by atoms with E-state index in [1.807, 2.05) is 6.07 Å². The number of rotatable bonds is 5. The first-order valence-corrected chi connectivity index (χ1v) is 10.4. The quantitative estimate of drug-likeness (QED) is 0.399. The van der Waals surface area contributed by atoms with E-state index in [2.05, 4.69) is 5.32 Å². The summed E-state index contributed by atoms with van der Waals surface area (Å²) in [6.07, 6.45) is 4.33. The number of anilines is 1. The molecule has 0 saturated heterocycles. The second-order valence-corrected chi connectivity index (χ2v) is 8.83. The highest BCUT2D eigenvalue weighted by atomic mass is 35.5. The molecule has 9 heteroatoms. The maximum Gasteiger partial charge on any atom is 0.412 e. The molecular weight excluding hydrogens is 441 g/mol. The van der Waals surface area contributed by atoms with Crippen LogP contribution in [0, 0.1) is 0 Å². The van der Waals surface area contributed by atoms with Crippen molar-refractivity contribution in [3.8, 4) is 0 Å². The smallest absolute Gasteiger partial charge is 0.411 e. The van der Waals surface area contributed by atoms with Gasteiger partial charge in [-0.2, -0.15) is 0 Å². The molecule has 26 heavy (non-hydrogen) atoms. The molecule has 1 aliphatic carbocycles. The van der Waals surface area contributed by atoms with Crippen LogP contribution in [0.2, 0.25) is 10.0 Å². The number of nitrogens with one attached hydrogen (secondary N) is 1. The molecule has 1 aromatic rings. The van der Waals surface area contributed by atoms with E-state index >= 15 is 0 Å². The number of carbonyl (C=O) groups excluding carboxylic acids is 1. The second kappa shape index (κ2) is 9.79. The maximum absolute atomic E-state index is 12.4. The average Bonchev–Trinajstić information content (AvgIpc) is 2.82. The standard InChI is InChI=1S/C17H21Cl5N2O2/c1-24(16(25)26-17(21,22)10-18)15-6-4-2-3-5-14(15)23-11-7-8-12(19)13(20)9-11/h7-9,14-15,23H,2-6,10H2,1H3. The highest BCUT2D eigenvalue weighted by Gasteiger charge is 2.35. The number of hydrogen-bond acceptors (Lipinski definition) is 3. The molecule has 0 aliphatic heterocycles. The van der Waals surface area contributed by atoms with Crippen molar-refractivity contribution in [2.45, 2.75) is 48.7 Å². The Morgan fingerprint density at radius 1 is 1.23 bits per heavy atom. The molecule has 0 spiro atoms. The number of nitrogens with zero attached hydrogens (tertiary/aromatic N) is 1. The Kier molecular flexibility index (Phi) is 8.30. The number of ether oxygens (including phenoxy) is 1. The lowest BCUT2D eigenvalue weighted by Crippen LogP contribution is -2.48. The fourth-order valence-electron chi connectivity index (χ4n) is 3.08. The van der Waals surface area contributed by atoms with E-state index in [1.165, 1.54) is 4.90 Å². The lowest BCUT2D eigenvalue weighted by Gasteiger charge is -2.35. The molecule has 0 radical (unpaired) electrons. The zero-order valence-corrected chi connectivity index (χ0v) is 18.1. The maximum atomic E-state index is 12.4. The normalized spacial score (nSPS) is 21.0. The van der Waals surface area contributed by atoms with Crippen LogP contribution in [-0.4, -0.2) is 40.5 Å². The van der Waals surface area contributed by atoms with Crippen LogP contribution in [0.5, 0.6) is 0 Å². The van der Waals surface area contributed by atoms with Crippen LogP contribution in [0.1, 0.15) is 32.1 Å². The van der Waals surface area contributed by atoms with Gasteiger partial charge in [-0.25, -0.2) is 4.79 Å². The molecule has 2 unspecified atom stereocenters. The molecule has 0 heterocycles. The zero-order chi connectivity index (χ0) is 19.3. The van der Waals surface area contributed by atoms with Gasteiger partial charge >= 0.3 is 6.09 Å². The second-order valence-electron chi connectivity index (χ2n) is 6.33. The van der Waals surface area contributed by atoms with E-state index in [-0.39, 0.29) is 18.0 Å². The van der Waals surface area contributed by atoms with Crippen molar-refractivity contribution in [2.75, 3.05) is 18.2 Å². The van der Waals surface area contributed by atoms with Gasteiger partial charge in [0.1, 0.15) is 0 Å². The third-order valence-electron chi connectivity index (χ3n) is 4.43. The van der Waals surface area contributed by atoms with E-state index in [0.29, 0.717) is 10.0 Å². The van der Waals surface area contributed by atoms with Crippen LogP contribution in [0.25, 0.3) is 0 Å². The summed E-state index contributed by atoms with van der Waals surface area (Å²) in [7, 11) is 1.68. The predicted octanol–water partition coefficient (Wildman–Crippen LogP) is 6.55. The van der Waals surface area contributed by atoms with E-state index in [1.54, 1.807) is 19.2 Å². The lowest BCUT2D eigenvalue weighted by molar-refractivity contribution is 0.0745. The Hall–Kier alpha value is -0.260. The van der Waals surface area contributed by atoms with E-state index in [9.17, 15) is 4.79 Å². The third-order valence-corrected chi connectivity index (χ3v) is 6.24. The minimum Gasteiger partial charge on any atom is -0.411 e. The predicted molar refractivity (Wildman–Crippen MR) is 110 cm³/mol. The van der Waals surface area contributed by atoms with Gasteiger partial charge in [0, 0.05) is 18.8 Å². The fourth-order valence-corrected chi connectivity index (χ4v) is 3.57. The monoisotopic (exact) mass is 460 g/mol. The van der Waals surface area contributed by atoms with Crippen molar-refractivity contribution in [3.63, 3.8) is 0 Å². The Bertz CT molecular complexity index is 629. The van der Waals surface area contributed by atoms with Crippen molar-refractivity contribution in [2.24, 2.45) is 0 Å². The minimum atomic E-state index is -1.75. The molecule has 0 bridgehead atoms. The molecule has 1 fully saturated rings. The number of amides is 1. The molecule has 1 N–H and O–H groups in total. The van der Waals surface area contributed by atoms with Gasteiger partial charge in [0.15, 0.2) is 0 Å². The number of benzene rings is 1. The van der Waals surface area contributed by atoms with Gasteiger partial charge in [-0.3, -0.25) is 0 Å². The van der Waals surface area contributed by atoms with Crippen molar-refractivity contribution < 1.29 is 9.53 Å². The van der Waals surface area contributed by atoms with Gasteiger partial charge < -0.3 is 15.0 Å². The van der Waals surface area contributed by atoms with Crippen molar-refractivity contribution in [1.29, 1.82) is 0 Å². The van der Waals surface area contributed by atoms with E-state index in [0.717, 1.165) is 37.8 Å². The lowest BCUT2D eigenvalue weighted by atomic mass is 10.0. The molecule has 0 aromatic heterocycles. The number of hydrogen-bond donors (Lipinski definition) is 1. The number of likely N-dealkylation sites (N-methyl/N-ethyl adjacent to an activating group) is 1. The van der Waals surface area contributed by atoms with E-state index in [4.69, 9.17) is 62.7 Å². The Morgan fingerprint density at radius 3 is 2.58 bits per heavy atom. The topological polar surface area (TPSA) is 41.6 Å². The zero-order valence-electron chi connectivity index (χ0n) is 14.3. The van der Waals surface area contributed by atoms with Gasteiger partial charge in [-0.1, -0.05) is 65.7 Å². The number of halogens is 5. The van der Waals surface area contributed by atoms with Crippen molar-refractivity contribution in [1.82, 2.24) is 4.90 Å². The minimum absolute atomic E-state index is 0.0309. The molecular formula is C17H21Cl5N2O2. The highest BCUT2D eigenvalue weighted by Crippen LogP contribution is 2.30. The Morgan fingerprint density at radius 2 is 1.92 bits per heavy atom.